The van der Waals surface area contributed by atoms with Crippen molar-refractivity contribution in [3.8, 4) is 11.5 Å². The van der Waals surface area contributed by atoms with Crippen LogP contribution in [0.5, 0.6) is 11.5 Å². The Balaban J connectivity index is 1.26. The van der Waals surface area contributed by atoms with E-state index in [1.807, 2.05) is 12.1 Å². The van der Waals surface area contributed by atoms with Gasteiger partial charge >= 0.3 is 0 Å². The number of hydrogen-bond donors (Lipinski definition) is 0. The summed E-state index contributed by atoms with van der Waals surface area (Å²) in [6.45, 7) is 3.42. The minimum Gasteiger partial charge on any atom is -0.493 e. The number of carbonyl (C=O) groups is 1. The molecule has 5 fully saturated rings. The van der Waals surface area contributed by atoms with Crippen molar-refractivity contribution < 1.29 is 14.3 Å². The van der Waals surface area contributed by atoms with Gasteiger partial charge in [0.2, 0.25) is 5.91 Å². The van der Waals surface area contributed by atoms with Crippen LogP contribution >= 0.6 is 0 Å². The molecule has 1 aromatic carbocycles. The highest BCUT2D eigenvalue weighted by Gasteiger charge is 2.55. The number of ether oxygens (including phenoxy) is 2. The van der Waals surface area contributed by atoms with Gasteiger partial charge < -0.3 is 19.3 Å². The van der Waals surface area contributed by atoms with Gasteiger partial charge in [-0.3, -0.25) is 4.79 Å². The van der Waals surface area contributed by atoms with Crippen molar-refractivity contribution in [2.45, 2.75) is 38.5 Å². The van der Waals surface area contributed by atoms with Crippen molar-refractivity contribution in [1.29, 1.82) is 0 Å². The van der Waals surface area contributed by atoms with Crippen molar-refractivity contribution in [2.75, 3.05) is 45.3 Å². The van der Waals surface area contributed by atoms with E-state index in [1.54, 1.807) is 14.2 Å². The van der Waals surface area contributed by atoms with E-state index in [0.29, 0.717) is 5.91 Å². The summed E-state index contributed by atoms with van der Waals surface area (Å²) in [6.07, 6.45) is 7.65. The molecular weight excluding hydrogens is 352 g/mol. The Hall–Kier alpha value is -1.91. The molecule has 6 rings (SSSR count). The van der Waals surface area contributed by atoms with Crippen molar-refractivity contribution >= 4 is 11.6 Å². The van der Waals surface area contributed by atoms with Crippen LogP contribution in [0.2, 0.25) is 0 Å². The van der Waals surface area contributed by atoms with Crippen LogP contribution in [-0.4, -0.2) is 51.2 Å². The molecule has 0 atom stereocenters. The van der Waals surface area contributed by atoms with Gasteiger partial charge in [-0.1, -0.05) is 0 Å². The summed E-state index contributed by atoms with van der Waals surface area (Å²) in [4.78, 5) is 18.1. The summed E-state index contributed by atoms with van der Waals surface area (Å²) >= 11 is 0. The monoisotopic (exact) mass is 384 g/mol. The third kappa shape index (κ3) is 2.94. The largest absolute Gasteiger partial charge is 0.493 e. The molecule has 0 aromatic heterocycles. The fraction of sp³-hybridized carbons (Fsp3) is 0.696. The zero-order chi connectivity index (χ0) is 19.3. The van der Waals surface area contributed by atoms with Crippen LogP contribution in [0.25, 0.3) is 0 Å². The van der Waals surface area contributed by atoms with E-state index in [-0.39, 0.29) is 5.41 Å². The predicted octanol–water partition coefficient (Wildman–Crippen LogP) is 3.57. The number of carbonyl (C=O) groups excluding carboxylic acids is 1. The molecule has 4 saturated carbocycles. The lowest BCUT2D eigenvalue weighted by Gasteiger charge is -2.57. The smallest absolute Gasteiger partial charge is 0.228 e. The lowest BCUT2D eigenvalue weighted by atomic mass is 9.49. The van der Waals surface area contributed by atoms with Crippen LogP contribution < -0.4 is 14.4 Å². The molecule has 5 aliphatic rings. The third-order valence-electron chi connectivity index (χ3n) is 7.79. The molecule has 4 aliphatic carbocycles. The molecule has 1 amide bonds. The lowest BCUT2D eigenvalue weighted by molar-refractivity contribution is -0.158. The first-order valence-electron chi connectivity index (χ1n) is 10.9. The molecule has 5 heteroatoms. The number of anilines is 1. The van der Waals surface area contributed by atoms with Gasteiger partial charge in [0.15, 0.2) is 11.5 Å². The standard InChI is InChI=1S/C23H32N2O3/c1-27-20-4-3-19(12-21(20)28-2)24-5-7-25(8-6-24)22(26)23-13-16-9-17(14-23)11-18(10-16)15-23/h3-4,12,16-18H,5-11,13-15H2,1-2H3. The molecule has 0 radical (unpaired) electrons. The molecular formula is C23H32N2O3. The number of piperazine rings is 1. The Labute approximate surface area is 168 Å². The topological polar surface area (TPSA) is 42.0 Å². The van der Waals surface area contributed by atoms with Crippen LogP contribution in [0.1, 0.15) is 38.5 Å². The predicted molar refractivity (Wildman–Crippen MR) is 109 cm³/mol. The Bertz CT molecular complexity index is 719. The number of hydrogen-bond acceptors (Lipinski definition) is 4. The van der Waals surface area contributed by atoms with E-state index in [0.717, 1.165) is 80.4 Å². The zero-order valence-electron chi connectivity index (χ0n) is 17.2. The number of nitrogens with zero attached hydrogens (tertiary/aromatic N) is 2. The molecule has 0 unspecified atom stereocenters. The third-order valence-corrected chi connectivity index (χ3v) is 7.79. The van der Waals surface area contributed by atoms with Gasteiger partial charge in [-0.15, -0.1) is 0 Å². The van der Waals surface area contributed by atoms with E-state index in [9.17, 15) is 4.79 Å². The second-order valence-electron chi connectivity index (χ2n) is 9.52. The summed E-state index contributed by atoms with van der Waals surface area (Å²) in [5.74, 6) is 4.45. The maximum atomic E-state index is 13.5. The van der Waals surface area contributed by atoms with Crippen LogP contribution in [-0.2, 0) is 4.79 Å². The Morgan fingerprint density at radius 1 is 0.893 bits per heavy atom. The maximum absolute atomic E-state index is 13.5. The highest BCUT2D eigenvalue weighted by Crippen LogP contribution is 2.60. The van der Waals surface area contributed by atoms with Crippen molar-refractivity contribution in [3.63, 3.8) is 0 Å². The molecule has 0 spiro atoms. The second-order valence-corrected chi connectivity index (χ2v) is 9.52. The fourth-order valence-corrected chi connectivity index (χ4v) is 6.90. The normalized spacial score (nSPS) is 33.9. The van der Waals surface area contributed by atoms with Gasteiger partial charge in [0, 0.05) is 37.9 Å². The van der Waals surface area contributed by atoms with Gasteiger partial charge in [0.05, 0.1) is 19.6 Å². The Morgan fingerprint density at radius 3 is 2.00 bits per heavy atom. The first kappa shape index (κ1) is 18.1. The fourth-order valence-electron chi connectivity index (χ4n) is 6.90. The van der Waals surface area contributed by atoms with E-state index in [2.05, 4.69) is 15.9 Å². The van der Waals surface area contributed by atoms with E-state index in [1.165, 1.54) is 19.3 Å². The van der Waals surface area contributed by atoms with E-state index < -0.39 is 0 Å². The molecule has 152 valence electrons. The highest BCUT2D eigenvalue weighted by atomic mass is 16.5. The molecule has 1 aromatic rings. The highest BCUT2D eigenvalue weighted by molar-refractivity contribution is 5.83. The van der Waals surface area contributed by atoms with Gasteiger partial charge in [-0.05, 0) is 68.4 Å². The molecule has 1 aliphatic heterocycles. The summed E-state index contributed by atoms with van der Waals surface area (Å²) in [7, 11) is 3.33. The van der Waals surface area contributed by atoms with E-state index >= 15 is 0 Å². The molecule has 1 saturated heterocycles. The lowest BCUT2D eigenvalue weighted by Crippen LogP contribution is -2.58. The Kier molecular flexibility index (Phi) is 4.44. The summed E-state index contributed by atoms with van der Waals surface area (Å²) in [5.41, 5.74) is 1.12. The van der Waals surface area contributed by atoms with Crippen LogP contribution in [0.15, 0.2) is 18.2 Å². The zero-order valence-corrected chi connectivity index (χ0v) is 17.2. The summed E-state index contributed by atoms with van der Waals surface area (Å²) in [6, 6.07) is 6.08. The SMILES string of the molecule is COc1ccc(N2CCN(C(=O)C34CC5CC(CC(C5)C3)C4)CC2)cc1OC. The molecule has 28 heavy (non-hydrogen) atoms. The number of benzene rings is 1. The van der Waals surface area contributed by atoms with Crippen molar-refractivity contribution in [2.24, 2.45) is 23.2 Å². The molecule has 1 heterocycles. The number of methoxy groups -OCH3 is 2. The summed E-state index contributed by atoms with van der Waals surface area (Å²) in [5, 5.41) is 0. The van der Waals surface area contributed by atoms with Crippen molar-refractivity contribution in [1.82, 2.24) is 4.90 Å². The van der Waals surface area contributed by atoms with Crippen LogP contribution in [0.3, 0.4) is 0 Å². The Morgan fingerprint density at radius 2 is 1.46 bits per heavy atom. The second kappa shape index (κ2) is 6.85. The van der Waals surface area contributed by atoms with Gasteiger partial charge in [-0.2, -0.15) is 0 Å². The van der Waals surface area contributed by atoms with Crippen LogP contribution in [0.4, 0.5) is 5.69 Å². The number of amides is 1. The number of rotatable bonds is 4. The van der Waals surface area contributed by atoms with Crippen LogP contribution in [0, 0.1) is 23.2 Å². The van der Waals surface area contributed by atoms with Gasteiger partial charge in [0.25, 0.3) is 0 Å². The quantitative estimate of drug-likeness (QED) is 0.796. The maximum Gasteiger partial charge on any atom is 0.228 e. The molecule has 5 nitrogen and oxygen atoms in total. The minimum atomic E-state index is -0.0136. The van der Waals surface area contributed by atoms with Crippen molar-refractivity contribution in [3.05, 3.63) is 18.2 Å². The molecule has 4 bridgehead atoms. The van der Waals surface area contributed by atoms with Gasteiger partial charge in [-0.25, -0.2) is 0 Å². The molecule has 0 N–H and O–H groups in total. The average molecular weight is 385 g/mol. The average Bonchev–Trinajstić information content (AvgIpc) is 2.72. The minimum absolute atomic E-state index is 0.0136. The summed E-state index contributed by atoms with van der Waals surface area (Å²) < 4.78 is 10.8. The van der Waals surface area contributed by atoms with Gasteiger partial charge in [0.1, 0.15) is 0 Å². The first-order chi connectivity index (χ1) is 13.6. The first-order valence-corrected chi connectivity index (χ1v) is 10.9. The van der Waals surface area contributed by atoms with E-state index in [4.69, 9.17) is 9.47 Å².